The van der Waals surface area contributed by atoms with E-state index in [4.69, 9.17) is 18.3 Å². The molecule has 0 aliphatic carbocycles. The third kappa shape index (κ3) is 7.03. The summed E-state index contributed by atoms with van der Waals surface area (Å²) in [6.45, 7) is 23.7. The van der Waals surface area contributed by atoms with Crippen LogP contribution in [0, 0.1) is 0 Å². The Hall–Kier alpha value is -0.926. The molecule has 6 heteroatoms. The Labute approximate surface area is 192 Å². The summed E-state index contributed by atoms with van der Waals surface area (Å²) in [6.07, 6.45) is 3.23. The van der Waals surface area contributed by atoms with Crippen LogP contribution in [-0.2, 0) is 24.9 Å². The van der Waals surface area contributed by atoms with Crippen molar-refractivity contribution < 1.29 is 18.3 Å². The van der Waals surface area contributed by atoms with Gasteiger partial charge in [0.2, 0.25) is 0 Å². The van der Waals surface area contributed by atoms with Gasteiger partial charge in [0.15, 0.2) is 16.6 Å². The van der Waals surface area contributed by atoms with Gasteiger partial charge in [-0.3, -0.25) is 0 Å². The Balaban J connectivity index is 2.21. The Morgan fingerprint density at radius 2 is 1.45 bits per heavy atom. The Bertz CT molecular complexity index is 717. The van der Waals surface area contributed by atoms with Gasteiger partial charge >= 0.3 is 0 Å². The predicted octanol–water partition coefficient (Wildman–Crippen LogP) is 6.90. The fraction of sp³-hybridized carbons (Fsp3) is 0.680. The van der Waals surface area contributed by atoms with Gasteiger partial charge in [0.05, 0.1) is 25.6 Å². The maximum atomic E-state index is 6.78. The lowest BCUT2D eigenvalue weighted by molar-refractivity contribution is -0.115. The highest BCUT2D eigenvalue weighted by atomic mass is 28.4. The minimum Gasteiger partial charge on any atom is -0.493 e. The lowest BCUT2D eigenvalue weighted by Gasteiger charge is -2.44. The van der Waals surface area contributed by atoms with Crippen LogP contribution in [0.2, 0.25) is 36.3 Å². The van der Waals surface area contributed by atoms with Crippen molar-refractivity contribution >= 4 is 16.6 Å². The number of hydrogen-bond donors (Lipinski definition) is 0. The van der Waals surface area contributed by atoms with Crippen molar-refractivity contribution in [2.45, 2.75) is 103 Å². The zero-order valence-corrected chi connectivity index (χ0v) is 23.3. The van der Waals surface area contributed by atoms with Crippen molar-refractivity contribution in [1.29, 1.82) is 0 Å². The third-order valence-corrected chi connectivity index (χ3v) is 16.1. The van der Waals surface area contributed by atoms with Crippen LogP contribution < -0.4 is 0 Å². The van der Waals surface area contributed by atoms with Crippen LogP contribution in [0.3, 0.4) is 0 Å². The van der Waals surface area contributed by atoms with Crippen molar-refractivity contribution in [2.24, 2.45) is 0 Å². The lowest BCUT2D eigenvalue weighted by Crippen LogP contribution is -2.53. The first-order valence-corrected chi connectivity index (χ1v) is 17.3. The molecular formula is C25H44O4Si2. The van der Waals surface area contributed by atoms with E-state index in [1.54, 1.807) is 6.26 Å². The van der Waals surface area contributed by atoms with E-state index in [0.29, 0.717) is 13.2 Å². The molecule has 3 unspecified atom stereocenters. The highest BCUT2D eigenvalue weighted by Gasteiger charge is 2.44. The van der Waals surface area contributed by atoms with E-state index in [0.717, 1.165) is 5.56 Å². The second-order valence-electron chi connectivity index (χ2n) is 11.7. The first-order chi connectivity index (χ1) is 14.1. The average Bonchev–Trinajstić information content (AvgIpc) is 2.64. The molecule has 0 aromatic heterocycles. The molecule has 0 saturated heterocycles. The molecule has 0 spiro atoms. The summed E-state index contributed by atoms with van der Waals surface area (Å²) in [5, 5.41) is 0.269. The zero-order chi connectivity index (χ0) is 23.5. The summed E-state index contributed by atoms with van der Waals surface area (Å²) in [6, 6.07) is 10.3. The molecule has 176 valence electrons. The smallest absolute Gasteiger partial charge is 0.193 e. The first-order valence-electron chi connectivity index (χ1n) is 11.4. The van der Waals surface area contributed by atoms with Crippen LogP contribution in [0.5, 0.6) is 0 Å². The summed E-state index contributed by atoms with van der Waals surface area (Å²) in [5.41, 5.74) is 1.15. The second kappa shape index (κ2) is 9.91. The number of hydrogen-bond acceptors (Lipinski definition) is 4. The molecule has 2 rings (SSSR count). The van der Waals surface area contributed by atoms with Gasteiger partial charge in [-0.1, -0.05) is 71.9 Å². The zero-order valence-electron chi connectivity index (χ0n) is 21.3. The SMILES string of the molecule is CC(C)(C)[Si](C)(C)OCC1OC=CC(O[Si](C)(C)C(C)(C)C)C1OCc1ccccc1. The van der Waals surface area contributed by atoms with Crippen LogP contribution in [0.15, 0.2) is 42.7 Å². The minimum absolute atomic E-state index is 0.121. The van der Waals surface area contributed by atoms with Crippen molar-refractivity contribution in [3.8, 4) is 0 Å². The second-order valence-corrected chi connectivity index (χ2v) is 21.2. The number of benzene rings is 1. The third-order valence-electron chi connectivity index (χ3n) is 7.15. The molecule has 3 atom stereocenters. The maximum Gasteiger partial charge on any atom is 0.193 e. The molecule has 0 N–H and O–H groups in total. The fourth-order valence-corrected chi connectivity index (χ4v) is 5.12. The van der Waals surface area contributed by atoms with Gasteiger partial charge in [0.25, 0.3) is 0 Å². The summed E-state index contributed by atoms with van der Waals surface area (Å²) >= 11 is 0. The van der Waals surface area contributed by atoms with Crippen LogP contribution in [0.4, 0.5) is 0 Å². The quantitative estimate of drug-likeness (QED) is 0.392. The van der Waals surface area contributed by atoms with E-state index in [1.165, 1.54) is 0 Å². The van der Waals surface area contributed by atoms with E-state index in [1.807, 2.05) is 24.3 Å². The molecule has 0 amide bonds. The average molecular weight is 465 g/mol. The molecule has 0 fully saturated rings. The summed E-state index contributed by atoms with van der Waals surface area (Å²) in [7, 11) is -3.88. The summed E-state index contributed by atoms with van der Waals surface area (Å²) in [4.78, 5) is 0. The minimum atomic E-state index is -1.98. The van der Waals surface area contributed by atoms with Gasteiger partial charge in [-0.05, 0) is 47.9 Å². The predicted molar refractivity (Wildman–Crippen MR) is 134 cm³/mol. The van der Waals surface area contributed by atoms with Gasteiger partial charge < -0.3 is 18.3 Å². The fourth-order valence-electron chi connectivity index (χ4n) is 2.86. The van der Waals surface area contributed by atoms with Gasteiger partial charge in [-0.25, -0.2) is 0 Å². The standard InChI is InChI=1S/C25H44O4Si2/c1-24(2,3)30(7,8)28-19-22-23(27-18-20-14-12-11-13-15-20)21(16-17-26-22)29-31(9,10)25(4,5)6/h11-17,21-23H,18-19H2,1-10H3. The molecule has 1 heterocycles. The van der Waals surface area contributed by atoms with Crippen LogP contribution in [0.25, 0.3) is 0 Å². The van der Waals surface area contributed by atoms with E-state index < -0.39 is 16.6 Å². The largest absolute Gasteiger partial charge is 0.493 e. The van der Waals surface area contributed by atoms with E-state index >= 15 is 0 Å². The van der Waals surface area contributed by atoms with Gasteiger partial charge in [0.1, 0.15) is 12.2 Å². The normalized spacial score (nSPS) is 23.0. The highest BCUT2D eigenvalue weighted by Crippen LogP contribution is 2.40. The van der Waals surface area contributed by atoms with E-state index in [-0.39, 0.29) is 28.4 Å². The molecule has 0 radical (unpaired) electrons. The van der Waals surface area contributed by atoms with Crippen molar-refractivity contribution in [3.05, 3.63) is 48.2 Å². The Morgan fingerprint density at radius 1 is 0.871 bits per heavy atom. The Kier molecular flexibility index (Phi) is 8.42. The molecule has 1 aliphatic rings. The van der Waals surface area contributed by atoms with Crippen molar-refractivity contribution in [2.75, 3.05) is 6.61 Å². The van der Waals surface area contributed by atoms with Gasteiger partial charge in [0, 0.05) is 0 Å². The van der Waals surface area contributed by atoms with Gasteiger partial charge in [-0.15, -0.1) is 0 Å². The van der Waals surface area contributed by atoms with E-state index in [9.17, 15) is 0 Å². The molecule has 0 saturated carbocycles. The number of ether oxygens (including phenoxy) is 2. The molecule has 31 heavy (non-hydrogen) atoms. The molecule has 4 nitrogen and oxygen atoms in total. The monoisotopic (exact) mass is 464 g/mol. The van der Waals surface area contributed by atoms with E-state index in [2.05, 4.69) is 79.9 Å². The van der Waals surface area contributed by atoms with Crippen LogP contribution in [-0.4, -0.2) is 41.6 Å². The van der Waals surface area contributed by atoms with Gasteiger partial charge in [-0.2, -0.15) is 0 Å². The molecule has 1 aromatic carbocycles. The molecular weight excluding hydrogens is 420 g/mol. The summed E-state index contributed by atoms with van der Waals surface area (Å²) in [5.74, 6) is 0. The molecule has 1 aromatic rings. The molecule has 0 bridgehead atoms. The highest BCUT2D eigenvalue weighted by molar-refractivity contribution is 6.74. The summed E-state index contributed by atoms with van der Waals surface area (Å²) < 4.78 is 25.8. The maximum absolute atomic E-state index is 6.78. The van der Waals surface area contributed by atoms with Crippen molar-refractivity contribution in [1.82, 2.24) is 0 Å². The van der Waals surface area contributed by atoms with Crippen LogP contribution in [0.1, 0.15) is 47.1 Å². The lowest BCUT2D eigenvalue weighted by atomic mass is 10.1. The van der Waals surface area contributed by atoms with Crippen LogP contribution >= 0.6 is 0 Å². The number of rotatable bonds is 8. The topological polar surface area (TPSA) is 36.9 Å². The Morgan fingerprint density at radius 3 is 2.00 bits per heavy atom. The first kappa shape index (κ1) is 26.3. The van der Waals surface area contributed by atoms with Crippen molar-refractivity contribution in [3.63, 3.8) is 0 Å². The molecule has 1 aliphatic heterocycles.